The molecule has 0 radical (unpaired) electrons. The molecule has 1 fully saturated rings. The van der Waals surface area contributed by atoms with Crippen LogP contribution in [0.25, 0.3) is 0 Å². The molecule has 1 amide bonds. The van der Waals surface area contributed by atoms with E-state index in [1.807, 2.05) is 30.3 Å². The first-order valence-electron chi connectivity index (χ1n) is 6.44. The standard InChI is InChI=1S/C14H20N2O2/c15-13(9-11-5-2-1-3-6-11)14(17)16-10-12-7-4-8-18-12/h1-3,5-6,12-13H,4,7-10,15H2,(H,16,17)/t12?,13-/m0/s1. The second-order valence-corrected chi connectivity index (χ2v) is 4.68. The average Bonchev–Trinajstić information content (AvgIpc) is 2.90. The van der Waals surface area contributed by atoms with E-state index in [0.717, 1.165) is 25.0 Å². The molecule has 1 unspecified atom stereocenters. The summed E-state index contributed by atoms with van der Waals surface area (Å²) < 4.78 is 5.45. The molecule has 0 bridgehead atoms. The highest BCUT2D eigenvalue weighted by Crippen LogP contribution is 2.10. The van der Waals surface area contributed by atoms with Crippen LogP contribution in [0.1, 0.15) is 18.4 Å². The zero-order valence-electron chi connectivity index (χ0n) is 10.5. The second kappa shape index (κ2) is 6.52. The van der Waals surface area contributed by atoms with Crippen molar-refractivity contribution in [1.29, 1.82) is 0 Å². The van der Waals surface area contributed by atoms with Gasteiger partial charge in [0.2, 0.25) is 5.91 Å². The highest BCUT2D eigenvalue weighted by atomic mass is 16.5. The Morgan fingerprint density at radius 3 is 2.89 bits per heavy atom. The van der Waals surface area contributed by atoms with Crippen molar-refractivity contribution in [3.8, 4) is 0 Å². The van der Waals surface area contributed by atoms with E-state index in [4.69, 9.17) is 10.5 Å². The molecule has 0 spiro atoms. The molecule has 1 aromatic rings. The van der Waals surface area contributed by atoms with Crippen molar-refractivity contribution in [1.82, 2.24) is 5.32 Å². The Kier molecular flexibility index (Phi) is 4.73. The van der Waals surface area contributed by atoms with E-state index in [1.165, 1.54) is 0 Å². The van der Waals surface area contributed by atoms with Crippen LogP contribution >= 0.6 is 0 Å². The maximum absolute atomic E-state index is 11.8. The highest BCUT2D eigenvalue weighted by molar-refractivity contribution is 5.81. The van der Waals surface area contributed by atoms with Crippen LogP contribution in [0.2, 0.25) is 0 Å². The van der Waals surface area contributed by atoms with Crippen LogP contribution in [0.15, 0.2) is 30.3 Å². The molecular formula is C14H20N2O2. The first-order valence-corrected chi connectivity index (χ1v) is 6.44. The molecule has 1 heterocycles. The largest absolute Gasteiger partial charge is 0.376 e. The van der Waals surface area contributed by atoms with Crippen molar-refractivity contribution < 1.29 is 9.53 Å². The fourth-order valence-corrected chi connectivity index (χ4v) is 2.11. The molecule has 1 aliphatic rings. The van der Waals surface area contributed by atoms with Gasteiger partial charge in [0, 0.05) is 13.2 Å². The smallest absolute Gasteiger partial charge is 0.237 e. The Balaban J connectivity index is 1.74. The highest BCUT2D eigenvalue weighted by Gasteiger charge is 2.18. The molecular weight excluding hydrogens is 228 g/mol. The monoisotopic (exact) mass is 248 g/mol. The van der Waals surface area contributed by atoms with Gasteiger partial charge in [0.15, 0.2) is 0 Å². The van der Waals surface area contributed by atoms with Crippen LogP contribution in [-0.2, 0) is 16.0 Å². The Hall–Kier alpha value is -1.39. The van der Waals surface area contributed by atoms with Crippen LogP contribution < -0.4 is 11.1 Å². The lowest BCUT2D eigenvalue weighted by Crippen LogP contribution is -2.44. The Morgan fingerprint density at radius 2 is 2.22 bits per heavy atom. The number of benzene rings is 1. The summed E-state index contributed by atoms with van der Waals surface area (Å²) in [6.45, 7) is 1.37. The van der Waals surface area contributed by atoms with E-state index in [9.17, 15) is 4.79 Å². The van der Waals surface area contributed by atoms with Crippen LogP contribution in [0, 0.1) is 0 Å². The molecule has 0 aliphatic carbocycles. The molecule has 3 N–H and O–H groups in total. The number of hydrogen-bond acceptors (Lipinski definition) is 3. The third-order valence-electron chi connectivity index (χ3n) is 3.16. The predicted molar refractivity (Wildman–Crippen MR) is 70.1 cm³/mol. The van der Waals surface area contributed by atoms with Gasteiger partial charge in [-0.25, -0.2) is 0 Å². The summed E-state index contributed by atoms with van der Waals surface area (Å²) in [5.41, 5.74) is 6.96. The second-order valence-electron chi connectivity index (χ2n) is 4.68. The summed E-state index contributed by atoms with van der Waals surface area (Å²) >= 11 is 0. The third kappa shape index (κ3) is 3.82. The van der Waals surface area contributed by atoms with Gasteiger partial charge in [-0.3, -0.25) is 4.79 Å². The van der Waals surface area contributed by atoms with E-state index >= 15 is 0 Å². The zero-order chi connectivity index (χ0) is 12.8. The summed E-state index contributed by atoms with van der Waals surface area (Å²) in [4.78, 5) is 11.8. The number of carbonyl (C=O) groups is 1. The van der Waals surface area contributed by atoms with Crippen LogP contribution in [0.3, 0.4) is 0 Å². The Morgan fingerprint density at radius 1 is 1.44 bits per heavy atom. The van der Waals surface area contributed by atoms with Gasteiger partial charge in [-0.15, -0.1) is 0 Å². The number of ether oxygens (including phenoxy) is 1. The van der Waals surface area contributed by atoms with Gasteiger partial charge in [-0.05, 0) is 24.8 Å². The van der Waals surface area contributed by atoms with Gasteiger partial charge in [-0.2, -0.15) is 0 Å². The van der Waals surface area contributed by atoms with E-state index < -0.39 is 6.04 Å². The molecule has 18 heavy (non-hydrogen) atoms. The third-order valence-corrected chi connectivity index (χ3v) is 3.16. The number of carbonyl (C=O) groups excluding carboxylic acids is 1. The van der Waals surface area contributed by atoms with Crippen molar-refractivity contribution >= 4 is 5.91 Å². The average molecular weight is 248 g/mol. The van der Waals surface area contributed by atoms with E-state index in [0.29, 0.717) is 13.0 Å². The van der Waals surface area contributed by atoms with Gasteiger partial charge in [0.05, 0.1) is 12.1 Å². The molecule has 2 atom stereocenters. The van der Waals surface area contributed by atoms with Crippen molar-refractivity contribution in [2.45, 2.75) is 31.4 Å². The minimum atomic E-state index is -0.492. The summed E-state index contributed by atoms with van der Waals surface area (Å²) in [5.74, 6) is -0.102. The fourth-order valence-electron chi connectivity index (χ4n) is 2.11. The topological polar surface area (TPSA) is 64.4 Å². The zero-order valence-corrected chi connectivity index (χ0v) is 10.5. The van der Waals surface area contributed by atoms with Gasteiger partial charge >= 0.3 is 0 Å². The van der Waals surface area contributed by atoms with Crippen molar-refractivity contribution in [2.75, 3.05) is 13.2 Å². The maximum atomic E-state index is 11.8. The normalized spacial score (nSPS) is 20.6. The molecule has 4 nitrogen and oxygen atoms in total. The Labute approximate surface area is 108 Å². The van der Waals surface area contributed by atoms with Crippen molar-refractivity contribution in [3.63, 3.8) is 0 Å². The van der Waals surface area contributed by atoms with E-state index in [2.05, 4.69) is 5.32 Å². The fraction of sp³-hybridized carbons (Fsp3) is 0.500. The maximum Gasteiger partial charge on any atom is 0.237 e. The number of amides is 1. The summed E-state index contributed by atoms with van der Waals surface area (Å²) in [5, 5.41) is 2.86. The summed E-state index contributed by atoms with van der Waals surface area (Å²) in [6.07, 6.45) is 2.83. The molecule has 1 aliphatic heterocycles. The SMILES string of the molecule is N[C@@H](Cc1ccccc1)C(=O)NCC1CCCO1. The summed E-state index contributed by atoms with van der Waals surface area (Å²) in [7, 11) is 0. The minimum Gasteiger partial charge on any atom is -0.376 e. The molecule has 0 aromatic heterocycles. The van der Waals surface area contributed by atoms with Gasteiger partial charge in [-0.1, -0.05) is 30.3 Å². The number of hydrogen-bond donors (Lipinski definition) is 2. The number of rotatable bonds is 5. The molecule has 0 saturated carbocycles. The van der Waals surface area contributed by atoms with Crippen LogP contribution in [0.4, 0.5) is 0 Å². The quantitative estimate of drug-likeness (QED) is 0.812. The lowest BCUT2D eigenvalue weighted by atomic mass is 10.1. The van der Waals surface area contributed by atoms with Gasteiger partial charge in [0.1, 0.15) is 0 Å². The van der Waals surface area contributed by atoms with Gasteiger partial charge in [0.25, 0.3) is 0 Å². The lowest BCUT2D eigenvalue weighted by molar-refractivity contribution is -0.122. The Bertz CT molecular complexity index is 375. The first kappa shape index (κ1) is 13.1. The molecule has 1 saturated heterocycles. The molecule has 2 rings (SSSR count). The number of nitrogens with two attached hydrogens (primary N) is 1. The van der Waals surface area contributed by atoms with E-state index in [1.54, 1.807) is 0 Å². The molecule has 1 aromatic carbocycles. The van der Waals surface area contributed by atoms with Crippen LogP contribution in [-0.4, -0.2) is 31.2 Å². The van der Waals surface area contributed by atoms with Crippen molar-refractivity contribution in [2.24, 2.45) is 5.73 Å². The summed E-state index contributed by atoms with van der Waals surface area (Å²) in [6, 6.07) is 9.32. The lowest BCUT2D eigenvalue weighted by Gasteiger charge is -2.15. The van der Waals surface area contributed by atoms with Crippen molar-refractivity contribution in [3.05, 3.63) is 35.9 Å². The predicted octanol–water partition coefficient (Wildman–Crippen LogP) is 0.852. The first-order chi connectivity index (χ1) is 8.75. The number of nitrogens with one attached hydrogen (secondary N) is 1. The molecule has 98 valence electrons. The van der Waals surface area contributed by atoms with E-state index in [-0.39, 0.29) is 12.0 Å². The van der Waals surface area contributed by atoms with Gasteiger partial charge < -0.3 is 15.8 Å². The molecule has 4 heteroatoms. The minimum absolute atomic E-state index is 0.102. The van der Waals surface area contributed by atoms with Crippen LogP contribution in [0.5, 0.6) is 0 Å².